The number of likely N-dealkylation sites (N-methyl/N-ethyl adjacent to an activating group) is 1. The minimum absolute atomic E-state index is 0.00274. The molecule has 3 aliphatic carbocycles. The molecule has 2 aromatic carbocycles. The first-order chi connectivity index (χ1) is 20.2. The molecule has 3 aliphatic rings. The molecule has 4 atom stereocenters. The van der Waals surface area contributed by atoms with Crippen molar-refractivity contribution < 1.29 is 34.8 Å². The predicted octanol–water partition coefficient (Wildman–Crippen LogP) is 3.20. The summed E-state index contributed by atoms with van der Waals surface area (Å²) >= 11 is 0. The van der Waals surface area contributed by atoms with Crippen LogP contribution < -0.4 is 10.6 Å². The maximum absolute atomic E-state index is 14.2. The summed E-state index contributed by atoms with van der Waals surface area (Å²) in [5.41, 5.74) is 5.37. The van der Waals surface area contributed by atoms with Crippen LogP contribution in [0.1, 0.15) is 47.7 Å². The Kier molecular flexibility index (Phi) is 7.64. The fourth-order valence-electron chi connectivity index (χ4n) is 7.15. The van der Waals surface area contributed by atoms with Crippen LogP contribution >= 0.6 is 0 Å². The summed E-state index contributed by atoms with van der Waals surface area (Å²) in [6.45, 7) is 2.13. The maximum Gasteiger partial charge on any atom is 0.255 e. The van der Waals surface area contributed by atoms with E-state index in [1.807, 2.05) is 49.3 Å². The summed E-state index contributed by atoms with van der Waals surface area (Å²) < 4.78 is 0. The summed E-state index contributed by atoms with van der Waals surface area (Å²) in [5, 5.41) is 46.0. The van der Waals surface area contributed by atoms with E-state index >= 15 is 0 Å². The number of benzene rings is 2. The molecule has 0 radical (unpaired) electrons. The van der Waals surface area contributed by atoms with Crippen LogP contribution in [0.5, 0.6) is 5.75 Å². The molecule has 10 heteroatoms. The molecule has 2 aromatic rings. The van der Waals surface area contributed by atoms with Crippen LogP contribution in [0.3, 0.4) is 0 Å². The van der Waals surface area contributed by atoms with Gasteiger partial charge in [0.05, 0.1) is 11.6 Å². The molecular weight excluding hydrogens is 550 g/mol. The number of rotatable bonds is 7. The van der Waals surface area contributed by atoms with Gasteiger partial charge >= 0.3 is 0 Å². The quantitative estimate of drug-likeness (QED) is 0.305. The van der Waals surface area contributed by atoms with Crippen molar-refractivity contribution in [1.82, 2.24) is 4.90 Å². The van der Waals surface area contributed by atoms with Gasteiger partial charge in [0.15, 0.2) is 11.4 Å². The smallest absolute Gasteiger partial charge is 0.255 e. The molecular formula is C33H39N3O7. The van der Waals surface area contributed by atoms with Gasteiger partial charge in [-0.25, -0.2) is 0 Å². The number of carbonyl (C=O) groups excluding carboxylic acids is 3. The average molecular weight is 590 g/mol. The van der Waals surface area contributed by atoms with E-state index < -0.39 is 58.0 Å². The Hall–Kier alpha value is -4.15. The van der Waals surface area contributed by atoms with Gasteiger partial charge < -0.3 is 31.1 Å². The van der Waals surface area contributed by atoms with Crippen LogP contribution in [0.4, 0.5) is 5.69 Å². The number of hydrogen-bond donors (Lipinski definition) is 5. The zero-order valence-corrected chi connectivity index (χ0v) is 25.1. The van der Waals surface area contributed by atoms with E-state index in [0.29, 0.717) is 22.4 Å². The molecule has 5 rings (SSSR count). The second kappa shape index (κ2) is 10.8. The third kappa shape index (κ3) is 4.51. The fraction of sp³-hybridized carbons (Fsp3) is 0.424. The van der Waals surface area contributed by atoms with Gasteiger partial charge in [-0.05, 0) is 68.5 Å². The van der Waals surface area contributed by atoms with Crippen molar-refractivity contribution in [2.24, 2.45) is 17.6 Å². The van der Waals surface area contributed by atoms with E-state index in [9.17, 15) is 34.8 Å². The number of allylic oxidation sites excluding steroid dienone is 1. The monoisotopic (exact) mass is 589 g/mol. The van der Waals surface area contributed by atoms with Crippen LogP contribution in [-0.2, 0) is 22.4 Å². The van der Waals surface area contributed by atoms with Gasteiger partial charge in [0, 0.05) is 36.8 Å². The van der Waals surface area contributed by atoms with Gasteiger partial charge in [0.2, 0.25) is 5.78 Å². The Morgan fingerprint density at radius 3 is 2.28 bits per heavy atom. The summed E-state index contributed by atoms with van der Waals surface area (Å²) in [5.74, 6) is -6.62. The Balaban J connectivity index is 1.69. The molecule has 6 N–H and O–H groups in total. The number of aromatic hydroxyl groups is 1. The van der Waals surface area contributed by atoms with Crippen LogP contribution in [0.2, 0.25) is 0 Å². The lowest BCUT2D eigenvalue weighted by Crippen LogP contribution is -2.63. The van der Waals surface area contributed by atoms with E-state index in [1.54, 1.807) is 14.1 Å². The molecule has 4 unspecified atom stereocenters. The first-order valence-electron chi connectivity index (χ1n) is 14.6. The van der Waals surface area contributed by atoms with Gasteiger partial charge in [-0.1, -0.05) is 37.6 Å². The Morgan fingerprint density at radius 1 is 1.07 bits per heavy atom. The molecule has 0 fully saturated rings. The zero-order valence-electron chi connectivity index (χ0n) is 25.1. The number of nitrogens with two attached hydrogens (primary N) is 1. The van der Waals surface area contributed by atoms with Gasteiger partial charge in [-0.15, -0.1) is 0 Å². The van der Waals surface area contributed by atoms with Crippen molar-refractivity contribution in [1.29, 1.82) is 0 Å². The molecule has 228 valence electrons. The van der Waals surface area contributed by atoms with Gasteiger partial charge in [-0.2, -0.15) is 0 Å². The third-order valence-corrected chi connectivity index (χ3v) is 9.26. The number of fused-ring (bicyclic) bond motifs is 3. The number of aryl methyl sites for hydroxylation is 1. The Morgan fingerprint density at radius 2 is 1.72 bits per heavy atom. The van der Waals surface area contributed by atoms with Crippen molar-refractivity contribution >= 4 is 23.2 Å². The normalized spacial score (nSPS) is 25.0. The average Bonchev–Trinajstić information content (AvgIpc) is 2.93. The topological polar surface area (TPSA) is 165 Å². The van der Waals surface area contributed by atoms with Gasteiger partial charge in [0.1, 0.15) is 22.8 Å². The SMILES string of the molecule is CCCCc1ccc(-c2cc(N(C)C)c3c(c2O)C(=O)C2=C(O)C4(O)C(=O)C(C(N)=O)=C(O)C(N(C)C)C4CC2C3)cc1. The van der Waals surface area contributed by atoms with Crippen molar-refractivity contribution in [3.8, 4) is 16.9 Å². The van der Waals surface area contributed by atoms with Crippen molar-refractivity contribution in [2.75, 3.05) is 33.1 Å². The minimum atomic E-state index is -2.67. The molecule has 0 aliphatic heterocycles. The van der Waals surface area contributed by atoms with E-state index in [2.05, 4.69) is 6.92 Å². The summed E-state index contributed by atoms with van der Waals surface area (Å²) in [6.07, 6.45) is 3.34. The van der Waals surface area contributed by atoms with Crippen LogP contribution in [0, 0.1) is 11.8 Å². The number of Topliss-reactive ketones (excluding diaryl/α,β-unsaturated/α-hetero) is 2. The number of hydrogen-bond acceptors (Lipinski definition) is 9. The highest BCUT2D eigenvalue weighted by molar-refractivity contribution is 6.25. The van der Waals surface area contributed by atoms with E-state index in [4.69, 9.17) is 5.73 Å². The van der Waals surface area contributed by atoms with E-state index in [0.717, 1.165) is 19.3 Å². The second-order valence-electron chi connectivity index (χ2n) is 12.3. The largest absolute Gasteiger partial charge is 0.510 e. The predicted molar refractivity (Wildman–Crippen MR) is 162 cm³/mol. The Bertz CT molecular complexity index is 1590. The minimum Gasteiger partial charge on any atom is -0.510 e. The number of aliphatic hydroxyl groups excluding tert-OH is 2. The summed E-state index contributed by atoms with van der Waals surface area (Å²) in [6, 6.07) is 8.61. The fourth-order valence-corrected chi connectivity index (χ4v) is 7.15. The highest BCUT2D eigenvalue weighted by Gasteiger charge is 2.63. The van der Waals surface area contributed by atoms with Crippen molar-refractivity contribution in [3.05, 3.63) is 69.7 Å². The van der Waals surface area contributed by atoms with Crippen LogP contribution in [-0.4, -0.2) is 82.6 Å². The maximum atomic E-state index is 14.2. The van der Waals surface area contributed by atoms with Crippen molar-refractivity contribution in [2.45, 2.75) is 50.7 Å². The van der Waals surface area contributed by atoms with Gasteiger partial charge in [-0.3, -0.25) is 19.3 Å². The van der Waals surface area contributed by atoms with Crippen molar-refractivity contribution in [3.63, 3.8) is 0 Å². The van der Waals surface area contributed by atoms with Crippen LogP contribution in [0.15, 0.2) is 53.0 Å². The molecule has 0 spiro atoms. The molecule has 0 saturated carbocycles. The summed E-state index contributed by atoms with van der Waals surface area (Å²) in [4.78, 5) is 43.4. The molecule has 1 amide bonds. The lowest BCUT2D eigenvalue weighted by Gasteiger charge is -2.50. The highest BCUT2D eigenvalue weighted by Crippen LogP contribution is 2.54. The third-order valence-electron chi connectivity index (χ3n) is 9.26. The number of anilines is 1. The molecule has 43 heavy (non-hydrogen) atoms. The second-order valence-corrected chi connectivity index (χ2v) is 12.3. The number of ketones is 2. The standard InChI is InChI=1S/C33H39N3O7/c1-6-7-8-16-9-11-17(12-10-16)19-15-22(35(2)3)20-13-18-14-21-26(36(4)5)29(39)25(32(34)42)31(41)33(21,43)30(40)23(18)28(38)24(20)27(19)37/h9-12,15,18,21,26,37,39-40,43H,6-8,13-14H2,1-5H3,(H2,34,42). The Labute approximate surface area is 250 Å². The molecule has 0 heterocycles. The number of amides is 1. The number of nitrogens with zero attached hydrogens (tertiary/aromatic N) is 2. The first-order valence-corrected chi connectivity index (χ1v) is 14.6. The lowest BCUT2D eigenvalue weighted by molar-refractivity contribution is -0.148. The van der Waals surface area contributed by atoms with E-state index in [-0.39, 0.29) is 29.7 Å². The number of phenolic OH excluding ortho intramolecular Hbond substituents is 1. The molecule has 0 saturated heterocycles. The molecule has 0 aromatic heterocycles. The molecule has 10 nitrogen and oxygen atoms in total. The number of primary amides is 1. The number of aliphatic hydroxyl groups is 3. The lowest BCUT2D eigenvalue weighted by atomic mass is 9.58. The van der Waals surface area contributed by atoms with E-state index in [1.165, 1.54) is 10.5 Å². The van der Waals surface area contributed by atoms with Gasteiger partial charge in [0.25, 0.3) is 5.91 Å². The number of unbranched alkanes of at least 4 members (excludes halogenated alkanes) is 1. The summed E-state index contributed by atoms with van der Waals surface area (Å²) in [7, 11) is 6.89. The zero-order chi connectivity index (χ0) is 31.5. The number of carbonyl (C=O) groups is 3. The highest BCUT2D eigenvalue weighted by atomic mass is 16.3. The van der Waals surface area contributed by atoms with Crippen LogP contribution in [0.25, 0.3) is 11.1 Å². The number of phenols is 1. The molecule has 0 bridgehead atoms. The first kappa shape index (κ1) is 30.3.